The number of carbonyl (C=O) groups excluding carboxylic acids is 2. The van der Waals surface area contributed by atoms with Crippen molar-refractivity contribution < 1.29 is 9.59 Å². The summed E-state index contributed by atoms with van der Waals surface area (Å²) in [5.74, 6) is -0.127. The van der Waals surface area contributed by atoms with Crippen molar-refractivity contribution in [2.24, 2.45) is 7.05 Å². The molecule has 2 aromatic carbocycles. The van der Waals surface area contributed by atoms with Crippen LogP contribution in [0, 0.1) is 0 Å². The Balaban J connectivity index is 1.59. The molecule has 0 saturated carbocycles. The number of rotatable bonds is 3. The van der Waals surface area contributed by atoms with E-state index in [0.717, 1.165) is 33.8 Å². The molecule has 3 aromatic rings. The molecule has 1 aromatic heterocycles. The van der Waals surface area contributed by atoms with Crippen LogP contribution in [-0.2, 0) is 11.8 Å². The van der Waals surface area contributed by atoms with Crippen molar-refractivity contribution in [2.45, 2.75) is 12.3 Å². The molecular formula is C22H21N5O2. The smallest absolute Gasteiger partial charge is 0.321 e. The van der Waals surface area contributed by atoms with Crippen molar-refractivity contribution in [2.75, 3.05) is 23.3 Å². The molecular weight excluding hydrogens is 366 g/mol. The van der Waals surface area contributed by atoms with Crippen molar-refractivity contribution in [1.82, 2.24) is 15.1 Å². The molecule has 2 N–H and O–H groups in total. The second kappa shape index (κ2) is 6.77. The van der Waals surface area contributed by atoms with E-state index in [1.54, 1.807) is 9.58 Å². The lowest BCUT2D eigenvalue weighted by Crippen LogP contribution is -2.28. The summed E-state index contributed by atoms with van der Waals surface area (Å²) in [6.07, 6.45) is 2.36. The van der Waals surface area contributed by atoms with Crippen LogP contribution >= 0.6 is 0 Å². The van der Waals surface area contributed by atoms with E-state index in [1.165, 1.54) is 0 Å². The molecule has 2 aliphatic heterocycles. The molecule has 5 rings (SSSR count). The normalized spacial score (nSPS) is 18.4. The number of nitrogens with one attached hydrogen (secondary N) is 2. The van der Waals surface area contributed by atoms with Crippen LogP contribution in [0.2, 0.25) is 0 Å². The summed E-state index contributed by atoms with van der Waals surface area (Å²) in [4.78, 5) is 26.2. The number of anilines is 2. The number of amides is 3. The number of aryl methyl sites for hydroxylation is 1. The third-order valence-electron chi connectivity index (χ3n) is 5.52. The Morgan fingerprint density at radius 3 is 2.66 bits per heavy atom. The van der Waals surface area contributed by atoms with Gasteiger partial charge in [-0.2, -0.15) is 5.10 Å². The highest BCUT2D eigenvalue weighted by molar-refractivity contribution is 5.99. The molecule has 3 amide bonds. The van der Waals surface area contributed by atoms with E-state index in [0.29, 0.717) is 19.5 Å². The summed E-state index contributed by atoms with van der Waals surface area (Å²) < 4.78 is 1.80. The minimum atomic E-state index is -0.109. The van der Waals surface area contributed by atoms with Crippen LogP contribution in [0.1, 0.15) is 23.5 Å². The Morgan fingerprint density at radius 2 is 1.90 bits per heavy atom. The molecule has 1 fully saturated rings. The molecule has 2 aliphatic rings. The van der Waals surface area contributed by atoms with E-state index in [-0.39, 0.29) is 17.9 Å². The van der Waals surface area contributed by atoms with E-state index in [2.05, 4.69) is 15.7 Å². The van der Waals surface area contributed by atoms with Gasteiger partial charge in [-0.15, -0.1) is 0 Å². The maximum Gasteiger partial charge on any atom is 0.321 e. The molecule has 29 heavy (non-hydrogen) atoms. The molecule has 7 nitrogen and oxygen atoms in total. The van der Waals surface area contributed by atoms with Gasteiger partial charge in [0, 0.05) is 61.2 Å². The number of fused-ring (bicyclic) bond motifs is 1. The minimum absolute atomic E-state index is 0.0339. The summed E-state index contributed by atoms with van der Waals surface area (Å²) in [6, 6.07) is 15.8. The number of benzene rings is 2. The highest BCUT2D eigenvalue weighted by atomic mass is 16.2. The van der Waals surface area contributed by atoms with Crippen molar-refractivity contribution in [3.63, 3.8) is 0 Å². The predicted octanol–water partition coefficient (Wildman–Crippen LogP) is 3.09. The van der Waals surface area contributed by atoms with Crippen molar-refractivity contribution in [3.8, 4) is 11.3 Å². The Labute approximate surface area is 168 Å². The van der Waals surface area contributed by atoms with Crippen LogP contribution in [0.5, 0.6) is 0 Å². The van der Waals surface area contributed by atoms with E-state index < -0.39 is 0 Å². The molecule has 1 atom stereocenters. The lowest BCUT2D eigenvalue weighted by molar-refractivity contribution is -0.116. The van der Waals surface area contributed by atoms with E-state index in [4.69, 9.17) is 0 Å². The van der Waals surface area contributed by atoms with E-state index in [9.17, 15) is 9.59 Å². The van der Waals surface area contributed by atoms with Gasteiger partial charge in [0.1, 0.15) is 0 Å². The highest BCUT2D eigenvalue weighted by Crippen LogP contribution is 2.42. The zero-order valence-corrected chi connectivity index (χ0v) is 16.1. The van der Waals surface area contributed by atoms with Gasteiger partial charge in [-0.05, 0) is 17.7 Å². The molecule has 0 aliphatic carbocycles. The topological polar surface area (TPSA) is 79.3 Å². The lowest BCUT2D eigenvalue weighted by Gasteiger charge is -2.27. The molecule has 3 heterocycles. The predicted molar refractivity (Wildman–Crippen MR) is 111 cm³/mol. The summed E-state index contributed by atoms with van der Waals surface area (Å²) in [5, 5.41) is 10.5. The van der Waals surface area contributed by atoms with Crippen LogP contribution in [0.3, 0.4) is 0 Å². The number of hydrogen-bond acceptors (Lipinski definition) is 3. The van der Waals surface area contributed by atoms with Crippen molar-refractivity contribution >= 4 is 23.3 Å². The fourth-order valence-electron chi connectivity index (χ4n) is 4.20. The van der Waals surface area contributed by atoms with Crippen LogP contribution in [0.4, 0.5) is 16.2 Å². The number of hydrogen-bond donors (Lipinski definition) is 2. The third-order valence-corrected chi connectivity index (χ3v) is 5.52. The van der Waals surface area contributed by atoms with Crippen molar-refractivity contribution in [3.05, 3.63) is 65.9 Å². The molecule has 0 bridgehead atoms. The van der Waals surface area contributed by atoms with Gasteiger partial charge >= 0.3 is 6.03 Å². The van der Waals surface area contributed by atoms with Gasteiger partial charge < -0.3 is 10.6 Å². The lowest BCUT2D eigenvalue weighted by atomic mass is 9.84. The first-order chi connectivity index (χ1) is 14.1. The van der Waals surface area contributed by atoms with Gasteiger partial charge in [-0.1, -0.05) is 36.4 Å². The first-order valence-corrected chi connectivity index (χ1v) is 9.68. The van der Waals surface area contributed by atoms with Crippen LogP contribution < -0.4 is 15.5 Å². The average molecular weight is 387 g/mol. The Bertz CT molecular complexity index is 1110. The van der Waals surface area contributed by atoms with Gasteiger partial charge in [0.05, 0.1) is 5.69 Å². The average Bonchev–Trinajstić information content (AvgIpc) is 3.33. The fourth-order valence-corrected chi connectivity index (χ4v) is 4.20. The summed E-state index contributed by atoms with van der Waals surface area (Å²) in [5.41, 5.74) is 5.53. The first-order valence-electron chi connectivity index (χ1n) is 9.68. The van der Waals surface area contributed by atoms with Crippen molar-refractivity contribution in [1.29, 1.82) is 0 Å². The second-order valence-electron chi connectivity index (χ2n) is 7.43. The maximum absolute atomic E-state index is 12.5. The maximum atomic E-state index is 12.5. The van der Waals surface area contributed by atoms with Gasteiger partial charge in [0.15, 0.2) is 0 Å². The number of urea groups is 1. The fraction of sp³-hybridized carbons (Fsp3) is 0.227. The van der Waals surface area contributed by atoms with Gasteiger partial charge in [-0.25, -0.2) is 4.79 Å². The summed E-state index contributed by atoms with van der Waals surface area (Å²) in [6.45, 7) is 1.25. The number of aromatic nitrogens is 2. The monoisotopic (exact) mass is 387 g/mol. The summed E-state index contributed by atoms with van der Waals surface area (Å²) >= 11 is 0. The van der Waals surface area contributed by atoms with Crippen LogP contribution in [0.15, 0.2) is 54.7 Å². The largest absolute Gasteiger partial charge is 0.336 e. The Hall–Kier alpha value is -3.61. The molecule has 1 saturated heterocycles. The van der Waals surface area contributed by atoms with Gasteiger partial charge in [0.25, 0.3) is 0 Å². The molecule has 1 unspecified atom stereocenters. The molecule has 0 spiro atoms. The van der Waals surface area contributed by atoms with Gasteiger partial charge in [0.2, 0.25) is 5.91 Å². The SMILES string of the molecule is Cn1cc(C2CC(=O)Nc3cc(N4CCNC4=O)ccc32)c(-c2ccccc2)n1. The second-order valence-corrected chi connectivity index (χ2v) is 7.43. The first kappa shape index (κ1) is 17.5. The van der Waals surface area contributed by atoms with Crippen LogP contribution in [0.25, 0.3) is 11.3 Å². The number of carbonyl (C=O) groups is 2. The van der Waals surface area contributed by atoms with Crippen LogP contribution in [-0.4, -0.2) is 34.8 Å². The van der Waals surface area contributed by atoms with E-state index >= 15 is 0 Å². The minimum Gasteiger partial charge on any atom is -0.336 e. The van der Waals surface area contributed by atoms with Gasteiger partial charge in [-0.3, -0.25) is 14.4 Å². The third kappa shape index (κ3) is 3.04. The summed E-state index contributed by atoms with van der Waals surface area (Å²) in [7, 11) is 1.90. The molecule has 7 heteroatoms. The standard InChI is InChI=1S/C22H21N5O2/c1-26-13-18(21(25-26)14-5-3-2-4-6-14)17-12-20(28)24-19-11-15(7-8-16(17)19)27-10-9-23-22(27)29/h2-8,11,13,17H,9-10,12H2,1H3,(H,23,29)(H,24,28). The number of nitrogens with zero attached hydrogens (tertiary/aromatic N) is 3. The zero-order chi connectivity index (χ0) is 20.0. The zero-order valence-electron chi connectivity index (χ0n) is 16.1. The Morgan fingerprint density at radius 1 is 1.07 bits per heavy atom. The Kier molecular flexibility index (Phi) is 4.08. The van der Waals surface area contributed by atoms with E-state index in [1.807, 2.05) is 61.8 Å². The molecule has 146 valence electrons. The highest BCUT2D eigenvalue weighted by Gasteiger charge is 2.31. The quantitative estimate of drug-likeness (QED) is 0.725. The molecule has 0 radical (unpaired) electrons.